The molecule has 20 heavy (non-hydrogen) atoms. The lowest BCUT2D eigenvalue weighted by molar-refractivity contribution is 0.380. The Balaban J connectivity index is 1.95. The summed E-state index contributed by atoms with van der Waals surface area (Å²) in [4.78, 5) is 4.34. The van der Waals surface area contributed by atoms with E-state index in [0.717, 1.165) is 23.1 Å². The Morgan fingerprint density at radius 2 is 2.20 bits per heavy atom. The van der Waals surface area contributed by atoms with Crippen LogP contribution in [0, 0.1) is 11.3 Å². The molecule has 0 unspecified atom stereocenters. The lowest BCUT2D eigenvalue weighted by Crippen LogP contribution is -2.40. The molecule has 0 spiro atoms. The fourth-order valence-corrected chi connectivity index (χ4v) is 3.60. The molecule has 0 saturated heterocycles. The number of anilines is 1. The number of hydrogen-bond acceptors (Lipinski definition) is 4. The first-order valence-corrected chi connectivity index (χ1v) is 8.07. The van der Waals surface area contributed by atoms with Gasteiger partial charge in [0.2, 0.25) is 0 Å². The van der Waals surface area contributed by atoms with E-state index in [9.17, 15) is 5.26 Å². The molecule has 1 aliphatic carbocycles. The number of rotatable bonds is 4. The van der Waals surface area contributed by atoms with Gasteiger partial charge in [0, 0.05) is 22.9 Å². The summed E-state index contributed by atoms with van der Waals surface area (Å²) < 4.78 is 0.344. The highest BCUT2D eigenvalue weighted by Crippen LogP contribution is 2.43. The van der Waals surface area contributed by atoms with E-state index in [2.05, 4.69) is 22.6 Å². The molecule has 0 amide bonds. The molecule has 0 aliphatic heterocycles. The second kappa shape index (κ2) is 5.34. The molecule has 4 heteroatoms. The van der Waals surface area contributed by atoms with Crippen LogP contribution in [0.15, 0.2) is 30.5 Å². The molecule has 102 valence electrons. The third-order valence-electron chi connectivity index (χ3n) is 4.18. The number of aromatic nitrogens is 1. The molecule has 1 aromatic carbocycles. The summed E-state index contributed by atoms with van der Waals surface area (Å²) in [6.07, 6.45) is 7.66. The summed E-state index contributed by atoms with van der Waals surface area (Å²) in [5, 5.41) is 13.8. The third-order valence-corrected chi connectivity index (χ3v) is 5.60. The molecule has 2 aromatic rings. The van der Waals surface area contributed by atoms with E-state index in [1.807, 2.05) is 36.0 Å². The zero-order valence-corrected chi connectivity index (χ0v) is 12.3. The number of para-hydroxylation sites is 1. The monoisotopic (exact) mass is 283 g/mol. The van der Waals surface area contributed by atoms with Crippen LogP contribution >= 0.6 is 11.8 Å². The molecular formula is C16H17N3S. The van der Waals surface area contributed by atoms with E-state index < -0.39 is 0 Å². The Kier molecular flexibility index (Phi) is 3.54. The molecule has 3 nitrogen and oxygen atoms in total. The molecule has 0 radical (unpaired) electrons. The minimum atomic E-state index is 0.344. The average Bonchev–Trinajstić information content (AvgIpc) is 2.46. The summed E-state index contributed by atoms with van der Waals surface area (Å²) in [6.45, 7) is 0.914. The van der Waals surface area contributed by atoms with Gasteiger partial charge >= 0.3 is 0 Å². The third kappa shape index (κ3) is 2.23. The number of benzene rings is 1. The molecule has 0 atom stereocenters. The smallest absolute Gasteiger partial charge is 0.103 e. The largest absolute Gasteiger partial charge is 0.382 e. The van der Waals surface area contributed by atoms with Gasteiger partial charge in [0.15, 0.2) is 0 Å². The van der Waals surface area contributed by atoms with Crippen LogP contribution < -0.4 is 5.32 Å². The average molecular weight is 283 g/mol. The van der Waals surface area contributed by atoms with Gasteiger partial charge in [-0.2, -0.15) is 17.0 Å². The van der Waals surface area contributed by atoms with Gasteiger partial charge in [0.1, 0.15) is 6.07 Å². The van der Waals surface area contributed by atoms with Crippen molar-refractivity contribution in [3.63, 3.8) is 0 Å². The highest BCUT2D eigenvalue weighted by Gasteiger charge is 2.36. The lowest BCUT2D eigenvalue weighted by atomic mass is 9.84. The van der Waals surface area contributed by atoms with Crippen molar-refractivity contribution >= 4 is 28.4 Å². The van der Waals surface area contributed by atoms with Crippen LogP contribution in [0.2, 0.25) is 0 Å². The van der Waals surface area contributed by atoms with Gasteiger partial charge in [-0.1, -0.05) is 24.6 Å². The van der Waals surface area contributed by atoms with Crippen LogP contribution in [0.4, 0.5) is 5.69 Å². The van der Waals surface area contributed by atoms with E-state index in [0.29, 0.717) is 10.3 Å². The zero-order valence-electron chi connectivity index (χ0n) is 11.5. The number of fused-ring (bicyclic) bond motifs is 1. The number of hydrogen-bond donors (Lipinski definition) is 1. The quantitative estimate of drug-likeness (QED) is 0.927. The standard InChI is InChI=1S/C16H17N3S/c1-20-16(7-4-8-16)11-19-15-12(9-17)10-18-14-6-3-2-5-13(14)15/h2-3,5-6,10H,4,7-8,11H2,1H3,(H,18,19). The Morgan fingerprint density at radius 1 is 1.40 bits per heavy atom. The maximum Gasteiger partial charge on any atom is 0.103 e. The van der Waals surface area contributed by atoms with Gasteiger partial charge in [-0.05, 0) is 25.2 Å². The van der Waals surface area contributed by atoms with E-state index in [4.69, 9.17) is 0 Å². The summed E-state index contributed by atoms with van der Waals surface area (Å²) in [7, 11) is 0. The van der Waals surface area contributed by atoms with E-state index in [-0.39, 0.29) is 0 Å². The summed E-state index contributed by atoms with van der Waals surface area (Å²) in [5.41, 5.74) is 2.48. The van der Waals surface area contributed by atoms with Gasteiger partial charge in [-0.15, -0.1) is 0 Å². The van der Waals surface area contributed by atoms with Crippen molar-refractivity contribution in [1.29, 1.82) is 5.26 Å². The van der Waals surface area contributed by atoms with Crippen molar-refractivity contribution in [3.05, 3.63) is 36.0 Å². The fraction of sp³-hybridized carbons (Fsp3) is 0.375. The van der Waals surface area contributed by atoms with Gasteiger partial charge < -0.3 is 5.32 Å². The van der Waals surface area contributed by atoms with Gasteiger partial charge in [-0.25, -0.2) is 0 Å². The van der Waals surface area contributed by atoms with Gasteiger partial charge in [0.25, 0.3) is 0 Å². The van der Waals surface area contributed by atoms with Crippen LogP contribution in [-0.4, -0.2) is 22.5 Å². The first-order chi connectivity index (χ1) is 9.78. The molecule has 3 rings (SSSR count). The van der Waals surface area contributed by atoms with Crippen LogP contribution in [0.25, 0.3) is 10.9 Å². The molecule has 1 saturated carbocycles. The van der Waals surface area contributed by atoms with Crippen molar-refractivity contribution in [2.45, 2.75) is 24.0 Å². The van der Waals surface area contributed by atoms with Gasteiger partial charge in [-0.3, -0.25) is 4.98 Å². The normalized spacial score (nSPS) is 16.4. The molecule has 1 aliphatic rings. The predicted octanol–water partition coefficient (Wildman–Crippen LogP) is 3.80. The number of nitrogens with zero attached hydrogens (tertiary/aromatic N) is 2. The molecule has 0 bridgehead atoms. The highest BCUT2D eigenvalue weighted by atomic mass is 32.2. The van der Waals surface area contributed by atoms with Crippen LogP contribution in [0.5, 0.6) is 0 Å². The van der Waals surface area contributed by atoms with Crippen molar-refractivity contribution in [3.8, 4) is 6.07 Å². The second-order valence-corrected chi connectivity index (χ2v) is 6.54. The van der Waals surface area contributed by atoms with Crippen LogP contribution in [0.3, 0.4) is 0 Å². The fourth-order valence-electron chi connectivity index (χ4n) is 2.69. The number of thioether (sulfide) groups is 1. The predicted molar refractivity (Wildman–Crippen MR) is 85.0 cm³/mol. The van der Waals surface area contributed by atoms with Crippen molar-refractivity contribution in [1.82, 2.24) is 4.98 Å². The Hall–Kier alpha value is -1.73. The van der Waals surface area contributed by atoms with Gasteiger partial charge in [0.05, 0.1) is 16.8 Å². The molecular weight excluding hydrogens is 266 g/mol. The van der Waals surface area contributed by atoms with E-state index in [1.54, 1.807) is 6.20 Å². The molecule has 1 fully saturated rings. The molecule has 1 aromatic heterocycles. The summed E-state index contributed by atoms with van der Waals surface area (Å²) in [6, 6.07) is 10.2. The Labute approximate surface area is 123 Å². The van der Waals surface area contributed by atoms with Crippen molar-refractivity contribution in [2.75, 3.05) is 18.1 Å². The lowest BCUT2D eigenvalue weighted by Gasteiger charge is -2.40. The highest BCUT2D eigenvalue weighted by molar-refractivity contribution is 8.00. The Bertz CT molecular complexity index is 665. The maximum absolute atomic E-state index is 9.30. The summed E-state index contributed by atoms with van der Waals surface area (Å²) in [5.74, 6) is 0. The number of nitriles is 1. The minimum Gasteiger partial charge on any atom is -0.382 e. The van der Waals surface area contributed by atoms with E-state index >= 15 is 0 Å². The molecule has 1 heterocycles. The van der Waals surface area contributed by atoms with Crippen LogP contribution in [-0.2, 0) is 0 Å². The first-order valence-electron chi connectivity index (χ1n) is 6.85. The number of nitrogens with one attached hydrogen (secondary N) is 1. The van der Waals surface area contributed by atoms with Crippen molar-refractivity contribution < 1.29 is 0 Å². The minimum absolute atomic E-state index is 0.344. The van der Waals surface area contributed by atoms with Crippen LogP contribution in [0.1, 0.15) is 24.8 Å². The maximum atomic E-state index is 9.30. The van der Waals surface area contributed by atoms with Crippen molar-refractivity contribution in [2.24, 2.45) is 0 Å². The summed E-state index contributed by atoms with van der Waals surface area (Å²) >= 11 is 1.94. The number of pyridine rings is 1. The molecule has 1 N–H and O–H groups in total. The Morgan fingerprint density at radius 3 is 2.85 bits per heavy atom. The first kappa shape index (κ1) is 13.3. The second-order valence-electron chi connectivity index (χ2n) is 5.27. The SMILES string of the molecule is CSC1(CNc2c(C#N)cnc3ccccc23)CCC1. The topological polar surface area (TPSA) is 48.7 Å². The van der Waals surface area contributed by atoms with E-state index in [1.165, 1.54) is 19.3 Å². The zero-order chi connectivity index (χ0) is 14.0.